The maximum Gasteiger partial charge on any atom is 0.306 e. The number of nitrogens with zero attached hydrogens (tertiary/aromatic N) is 4. The lowest BCUT2D eigenvalue weighted by Gasteiger charge is -2.44. The van der Waals surface area contributed by atoms with Crippen LogP contribution < -0.4 is 31.9 Å². The van der Waals surface area contributed by atoms with Gasteiger partial charge in [0.25, 0.3) is 0 Å². The Morgan fingerprint density at radius 2 is 0.907 bits per heavy atom. The summed E-state index contributed by atoms with van der Waals surface area (Å²) in [6, 6.07) is -0.518. The quantitative estimate of drug-likeness (QED) is 0.105. The molecule has 0 amide bonds. The van der Waals surface area contributed by atoms with E-state index in [9.17, 15) is 44.7 Å². The molecule has 304 valence electrons. The van der Waals surface area contributed by atoms with Crippen LogP contribution in [-0.4, -0.2) is 118 Å². The van der Waals surface area contributed by atoms with Crippen molar-refractivity contribution in [2.75, 3.05) is 13.2 Å². The normalized spacial score (nSPS) is 40.8. The van der Waals surface area contributed by atoms with Crippen LogP contribution in [0.3, 0.4) is 0 Å². The molecule has 4 saturated carbocycles. The number of carbonyl (C=O) groups is 4. The van der Waals surface area contributed by atoms with E-state index in [-0.39, 0.29) is 74.3 Å². The van der Waals surface area contributed by atoms with Gasteiger partial charge < -0.3 is 25.5 Å². The first-order valence-corrected chi connectivity index (χ1v) is 19.6. The smallest absolute Gasteiger partial charge is 0.306 e. The molecule has 5 rings (SSSR count). The Morgan fingerprint density at radius 3 is 1.24 bits per heavy atom. The van der Waals surface area contributed by atoms with Crippen LogP contribution >= 0.6 is 0 Å². The molecule has 5 aliphatic rings. The molecule has 0 spiro atoms. The van der Waals surface area contributed by atoms with Crippen molar-refractivity contribution < 1.29 is 44.7 Å². The lowest BCUT2D eigenvalue weighted by atomic mass is 9.79. The Kier molecular flexibility index (Phi) is 15.2. The van der Waals surface area contributed by atoms with Crippen LogP contribution in [0.25, 0.3) is 0 Å². The summed E-state index contributed by atoms with van der Waals surface area (Å²) in [5.41, 5.74) is 0. The molecule has 19 heteroatoms. The third-order valence-electron chi connectivity index (χ3n) is 12.0. The standard InChI is InChI=1S/C35H60N10O9/c1-17-9-23(3-5-27(17)44-42-25-13-19(29(47)48)11-20(14-25)30(49)50)37-34-39-33(36-7-8-46)40-35(41-34)38-24-4-6-28(18(2)10-24)45-43-26-15-21(31(51)52)12-22(16-26)32(53)54/h17-28,33-41,46H,3-16H2,1-2H3,(H,47,48)(H,49,50)(H,51,52)(H,53,54). The van der Waals surface area contributed by atoms with E-state index in [1.165, 1.54) is 0 Å². The predicted octanol–water partition coefficient (Wildman–Crippen LogP) is 1.31. The van der Waals surface area contributed by atoms with Gasteiger partial charge >= 0.3 is 23.9 Å². The van der Waals surface area contributed by atoms with E-state index in [1.807, 2.05) is 0 Å². The molecule has 11 N–H and O–H groups in total. The van der Waals surface area contributed by atoms with Crippen molar-refractivity contribution in [3.8, 4) is 0 Å². The van der Waals surface area contributed by atoms with E-state index in [0.29, 0.717) is 32.2 Å². The van der Waals surface area contributed by atoms with Crippen LogP contribution in [0.1, 0.15) is 90.9 Å². The van der Waals surface area contributed by atoms with Crippen LogP contribution in [-0.2, 0) is 19.2 Å². The molecule has 1 heterocycles. The van der Waals surface area contributed by atoms with E-state index < -0.39 is 59.6 Å². The maximum absolute atomic E-state index is 11.6. The summed E-state index contributed by atoms with van der Waals surface area (Å²) >= 11 is 0. The fourth-order valence-electron chi connectivity index (χ4n) is 8.97. The summed E-state index contributed by atoms with van der Waals surface area (Å²) in [6.07, 6.45) is 5.61. The first-order chi connectivity index (χ1) is 25.8. The van der Waals surface area contributed by atoms with Gasteiger partial charge in [0.15, 0.2) is 0 Å². The number of aliphatic hydroxyl groups excluding tert-OH is 1. The second kappa shape index (κ2) is 19.6. The van der Waals surface area contributed by atoms with Gasteiger partial charge in [-0.05, 0) is 88.9 Å². The number of aliphatic carboxylic acids is 4. The molecule has 5 fully saturated rings. The van der Waals surface area contributed by atoms with Gasteiger partial charge in [-0.15, -0.1) is 0 Å². The van der Waals surface area contributed by atoms with E-state index in [4.69, 9.17) is 0 Å². The zero-order chi connectivity index (χ0) is 38.9. The third kappa shape index (κ3) is 11.9. The number of rotatable bonds is 15. The van der Waals surface area contributed by atoms with Gasteiger partial charge in [0.2, 0.25) is 0 Å². The molecule has 4 aliphatic carbocycles. The molecule has 0 aromatic carbocycles. The van der Waals surface area contributed by atoms with E-state index in [0.717, 1.165) is 38.5 Å². The second-order valence-electron chi connectivity index (χ2n) is 16.2. The number of hydrogen-bond acceptors (Lipinski definition) is 15. The number of aliphatic hydroxyl groups is 1. The van der Waals surface area contributed by atoms with Crippen molar-refractivity contribution in [1.29, 1.82) is 0 Å². The van der Waals surface area contributed by atoms with Crippen molar-refractivity contribution in [3.63, 3.8) is 0 Å². The number of azo groups is 2. The fourth-order valence-corrected chi connectivity index (χ4v) is 8.97. The first-order valence-electron chi connectivity index (χ1n) is 19.6. The van der Waals surface area contributed by atoms with Crippen molar-refractivity contribution >= 4 is 23.9 Å². The third-order valence-corrected chi connectivity index (χ3v) is 12.0. The Balaban J connectivity index is 1.10. The van der Waals surface area contributed by atoms with Gasteiger partial charge in [-0.2, -0.15) is 20.5 Å². The molecule has 1 aliphatic heterocycles. The van der Waals surface area contributed by atoms with Gasteiger partial charge in [0, 0.05) is 18.6 Å². The average Bonchev–Trinajstić information content (AvgIpc) is 3.13. The number of hydrogen-bond donors (Lipinski definition) is 11. The minimum atomic E-state index is -0.985. The van der Waals surface area contributed by atoms with E-state index in [2.05, 4.69) is 66.2 Å². The molecule has 0 aromatic heterocycles. The molecule has 54 heavy (non-hydrogen) atoms. The molecule has 0 bridgehead atoms. The molecule has 12 atom stereocenters. The number of carboxylic acids is 4. The summed E-state index contributed by atoms with van der Waals surface area (Å²) < 4.78 is 0. The van der Waals surface area contributed by atoms with E-state index >= 15 is 0 Å². The highest BCUT2D eigenvalue weighted by atomic mass is 16.4. The Labute approximate surface area is 315 Å². The molecule has 1 saturated heterocycles. The van der Waals surface area contributed by atoms with Crippen LogP contribution in [0.15, 0.2) is 20.5 Å². The fraction of sp³-hybridized carbons (Fsp3) is 0.886. The van der Waals surface area contributed by atoms with Crippen molar-refractivity contribution in [2.24, 2.45) is 56.0 Å². The van der Waals surface area contributed by atoms with Gasteiger partial charge in [-0.3, -0.25) is 51.1 Å². The number of carboxylic acid groups (broad SMARTS) is 4. The molecule has 19 nitrogen and oxygen atoms in total. The van der Waals surface area contributed by atoms with Crippen molar-refractivity contribution in [2.45, 2.75) is 146 Å². The minimum Gasteiger partial charge on any atom is -0.481 e. The maximum atomic E-state index is 11.6. The van der Waals surface area contributed by atoms with Crippen molar-refractivity contribution in [3.05, 3.63) is 0 Å². The zero-order valence-corrected chi connectivity index (χ0v) is 31.2. The van der Waals surface area contributed by atoms with Crippen molar-refractivity contribution in [1.82, 2.24) is 31.9 Å². The highest BCUT2D eigenvalue weighted by Gasteiger charge is 2.39. The molecular weight excluding hydrogens is 704 g/mol. The SMILES string of the molecule is CC1CC(NC2NC(NCCO)NC(NC3CCC(N=NC4CC(C(=O)O)CC(C(=O)O)C4)C(C)C3)N2)CCC1N=NC1CC(C(=O)O)CC(C(=O)O)C1. The summed E-state index contributed by atoms with van der Waals surface area (Å²) in [5.74, 6) is -6.44. The van der Waals surface area contributed by atoms with Crippen LogP contribution in [0, 0.1) is 35.5 Å². The Morgan fingerprint density at radius 1 is 0.537 bits per heavy atom. The molecular formula is C35H60N10O9. The average molecular weight is 765 g/mol. The monoisotopic (exact) mass is 764 g/mol. The largest absolute Gasteiger partial charge is 0.481 e. The summed E-state index contributed by atoms with van der Waals surface area (Å²) in [7, 11) is 0. The second-order valence-corrected chi connectivity index (χ2v) is 16.2. The topological polar surface area (TPSA) is 291 Å². The summed E-state index contributed by atoms with van der Waals surface area (Å²) in [4.78, 5) is 46.5. The van der Waals surface area contributed by atoms with E-state index in [1.54, 1.807) is 0 Å². The lowest BCUT2D eigenvalue weighted by Crippen LogP contribution is -2.78. The zero-order valence-electron chi connectivity index (χ0n) is 31.2. The minimum absolute atomic E-state index is 0.0147. The highest BCUT2D eigenvalue weighted by Crippen LogP contribution is 2.35. The lowest BCUT2D eigenvalue weighted by molar-refractivity contribution is -0.150. The van der Waals surface area contributed by atoms with Gasteiger partial charge in [0.05, 0.1) is 54.4 Å². The first kappa shape index (κ1) is 42.0. The van der Waals surface area contributed by atoms with Crippen LogP contribution in [0.5, 0.6) is 0 Å². The molecule has 0 radical (unpaired) electrons. The predicted molar refractivity (Wildman–Crippen MR) is 193 cm³/mol. The Hall–Kier alpha value is -3.20. The number of nitrogens with one attached hydrogen (secondary N) is 6. The van der Waals surface area contributed by atoms with Gasteiger partial charge in [0.1, 0.15) is 18.9 Å². The van der Waals surface area contributed by atoms with Gasteiger partial charge in [-0.25, -0.2) is 0 Å². The van der Waals surface area contributed by atoms with Crippen LogP contribution in [0.4, 0.5) is 0 Å². The van der Waals surface area contributed by atoms with Gasteiger partial charge in [-0.1, -0.05) is 13.8 Å². The Bertz CT molecular complexity index is 1220. The molecule has 12 unspecified atom stereocenters. The molecule has 0 aromatic rings. The summed E-state index contributed by atoms with van der Waals surface area (Å²) in [6.45, 7) is 4.64. The summed E-state index contributed by atoms with van der Waals surface area (Å²) in [5, 5.41) is 86.9. The highest BCUT2D eigenvalue weighted by molar-refractivity contribution is 5.75. The van der Waals surface area contributed by atoms with Crippen LogP contribution in [0.2, 0.25) is 0 Å².